The van der Waals surface area contributed by atoms with Crippen LogP contribution in [0.2, 0.25) is 0 Å². The van der Waals surface area contributed by atoms with E-state index in [9.17, 15) is 4.79 Å². The molecule has 0 spiro atoms. The zero-order chi connectivity index (χ0) is 16.9. The van der Waals surface area contributed by atoms with Crippen LogP contribution in [0.1, 0.15) is 18.9 Å². The van der Waals surface area contributed by atoms with E-state index >= 15 is 0 Å². The summed E-state index contributed by atoms with van der Waals surface area (Å²) in [6, 6.07) is 17.2. The third-order valence-electron chi connectivity index (χ3n) is 3.46. The van der Waals surface area contributed by atoms with Crippen LogP contribution in [0, 0.1) is 0 Å². The van der Waals surface area contributed by atoms with Crippen molar-refractivity contribution in [1.29, 1.82) is 0 Å². The van der Waals surface area contributed by atoms with Crippen molar-refractivity contribution in [2.45, 2.75) is 13.3 Å². The van der Waals surface area contributed by atoms with Gasteiger partial charge in [-0.2, -0.15) is 0 Å². The summed E-state index contributed by atoms with van der Waals surface area (Å²) >= 11 is 6.70. The van der Waals surface area contributed by atoms with Gasteiger partial charge in [-0.3, -0.25) is 9.69 Å². The van der Waals surface area contributed by atoms with Crippen LogP contribution >= 0.6 is 24.0 Å². The molecule has 3 nitrogen and oxygen atoms in total. The zero-order valence-electron chi connectivity index (χ0n) is 13.3. The minimum Gasteiger partial charge on any atom is -0.494 e. The number of ether oxygens (including phenoxy) is 1. The van der Waals surface area contributed by atoms with Gasteiger partial charge in [0.1, 0.15) is 5.75 Å². The summed E-state index contributed by atoms with van der Waals surface area (Å²) in [6.07, 6.45) is 2.84. The molecular formula is C19H17NO2S2. The average molecular weight is 355 g/mol. The van der Waals surface area contributed by atoms with Gasteiger partial charge in [0.25, 0.3) is 5.91 Å². The predicted molar refractivity (Wildman–Crippen MR) is 104 cm³/mol. The van der Waals surface area contributed by atoms with Crippen LogP contribution in [0.5, 0.6) is 5.75 Å². The third-order valence-corrected chi connectivity index (χ3v) is 4.76. The lowest BCUT2D eigenvalue weighted by Crippen LogP contribution is -2.27. The fraction of sp³-hybridized carbons (Fsp3) is 0.158. The van der Waals surface area contributed by atoms with Gasteiger partial charge in [0, 0.05) is 0 Å². The minimum atomic E-state index is -0.0810. The number of para-hydroxylation sites is 1. The first-order chi connectivity index (χ1) is 11.7. The number of thioether (sulfide) groups is 1. The van der Waals surface area contributed by atoms with E-state index < -0.39 is 0 Å². The fourth-order valence-electron chi connectivity index (χ4n) is 2.30. The van der Waals surface area contributed by atoms with Gasteiger partial charge < -0.3 is 4.74 Å². The first-order valence-electron chi connectivity index (χ1n) is 7.75. The number of benzene rings is 2. The Labute approximate surface area is 151 Å². The third kappa shape index (κ3) is 3.68. The van der Waals surface area contributed by atoms with Gasteiger partial charge in [-0.25, -0.2) is 0 Å². The molecule has 5 heteroatoms. The molecule has 1 heterocycles. The molecule has 0 aromatic heterocycles. The predicted octanol–water partition coefficient (Wildman–Crippen LogP) is 4.88. The average Bonchev–Trinajstić information content (AvgIpc) is 2.88. The summed E-state index contributed by atoms with van der Waals surface area (Å²) in [6.45, 7) is 2.78. The molecule has 0 unspecified atom stereocenters. The highest BCUT2D eigenvalue weighted by Crippen LogP contribution is 2.35. The molecule has 1 amide bonds. The standard InChI is InChI=1S/C19H17NO2S2/c1-2-12-22-16-10-8-14(9-11-16)13-17-18(21)20(19(23)24-17)15-6-4-3-5-7-15/h3-11,13H,2,12H2,1H3/b17-13-. The molecule has 24 heavy (non-hydrogen) atoms. The Morgan fingerprint density at radius 2 is 1.83 bits per heavy atom. The second-order valence-electron chi connectivity index (χ2n) is 5.27. The van der Waals surface area contributed by atoms with Crippen molar-refractivity contribution >= 4 is 46.0 Å². The lowest BCUT2D eigenvalue weighted by Gasteiger charge is -2.13. The summed E-state index contributed by atoms with van der Waals surface area (Å²) in [5.74, 6) is 0.758. The zero-order valence-corrected chi connectivity index (χ0v) is 14.9. The number of rotatable bonds is 5. The molecule has 122 valence electrons. The SMILES string of the molecule is CCCOc1ccc(/C=C2\SC(=S)N(c3ccccc3)C2=O)cc1. The van der Waals surface area contributed by atoms with Crippen molar-refractivity contribution in [2.75, 3.05) is 11.5 Å². The van der Waals surface area contributed by atoms with Crippen LogP contribution in [-0.4, -0.2) is 16.8 Å². The van der Waals surface area contributed by atoms with Crippen molar-refractivity contribution in [3.63, 3.8) is 0 Å². The summed E-state index contributed by atoms with van der Waals surface area (Å²) in [5.41, 5.74) is 1.75. The Morgan fingerprint density at radius 1 is 1.12 bits per heavy atom. The molecule has 0 atom stereocenters. The summed E-state index contributed by atoms with van der Waals surface area (Å²) in [7, 11) is 0. The number of thiocarbonyl (C=S) groups is 1. The second-order valence-corrected chi connectivity index (χ2v) is 6.95. The molecule has 0 radical (unpaired) electrons. The number of nitrogens with zero attached hydrogens (tertiary/aromatic N) is 1. The molecule has 0 saturated carbocycles. The van der Waals surface area contributed by atoms with E-state index in [2.05, 4.69) is 6.92 Å². The summed E-state index contributed by atoms with van der Waals surface area (Å²) < 4.78 is 6.13. The first kappa shape index (κ1) is 16.7. The van der Waals surface area contributed by atoms with Crippen LogP contribution in [0.15, 0.2) is 59.5 Å². The maximum atomic E-state index is 12.7. The molecular weight excluding hydrogens is 338 g/mol. The van der Waals surface area contributed by atoms with E-state index in [1.165, 1.54) is 11.8 Å². The highest BCUT2D eigenvalue weighted by molar-refractivity contribution is 8.27. The van der Waals surface area contributed by atoms with Gasteiger partial charge in [0.2, 0.25) is 0 Å². The molecule has 0 N–H and O–H groups in total. The number of hydrogen-bond acceptors (Lipinski definition) is 4. The summed E-state index contributed by atoms with van der Waals surface area (Å²) in [4.78, 5) is 14.9. The normalized spacial score (nSPS) is 16.0. The van der Waals surface area contributed by atoms with Crippen LogP contribution in [0.25, 0.3) is 6.08 Å². The van der Waals surface area contributed by atoms with Gasteiger partial charge in [-0.1, -0.05) is 61.2 Å². The van der Waals surface area contributed by atoms with Gasteiger partial charge in [-0.15, -0.1) is 0 Å². The largest absolute Gasteiger partial charge is 0.494 e. The van der Waals surface area contributed by atoms with E-state index in [-0.39, 0.29) is 5.91 Å². The van der Waals surface area contributed by atoms with Crippen molar-refractivity contribution in [3.8, 4) is 5.75 Å². The maximum Gasteiger partial charge on any atom is 0.270 e. The van der Waals surface area contributed by atoms with Crippen LogP contribution in [0.4, 0.5) is 5.69 Å². The topological polar surface area (TPSA) is 29.5 Å². The Bertz CT molecular complexity index is 770. The minimum absolute atomic E-state index is 0.0810. The van der Waals surface area contributed by atoms with E-state index in [1.807, 2.05) is 60.7 Å². The Morgan fingerprint density at radius 3 is 2.50 bits per heavy atom. The Balaban J connectivity index is 1.79. The van der Waals surface area contributed by atoms with E-state index in [0.29, 0.717) is 15.8 Å². The number of amides is 1. The highest BCUT2D eigenvalue weighted by atomic mass is 32.2. The molecule has 0 aliphatic carbocycles. The maximum absolute atomic E-state index is 12.7. The molecule has 2 aromatic carbocycles. The van der Waals surface area contributed by atoms with E-state index in [4.69, 9.17) is 17.0 Å². The number of anilines is 1. The van der Waals surface area contributed by atoms with Crippen LogP contribution in [0.3, 0.4) is 0 Å². The van der Waals surface area contributed by atoms with Crippen LogP contribution < -0.4 is 9.64 Å². The van der Waals surface area contributed by atoms with Crippen molar-refractivity contribution in [3.05, 3.63) is 65.1 Å². The molecule has 3 rings (SSSR count). The van der Waals surface area contributed by atoms with E-state index in [1.54, 1.807) is 4.90 Å². The number of carbonyl (C=O) groups excluding carboxylic acids is 1. The molecule has 2 aromatic rings. The van der Waals surface area contributed by atoms with Crippen molar-refractivity contribution in [1.82, 2.24) is 0 Å². The quantitative estimate of drug-likeness (QED) is 0.565. The fourth-order valence-corrected chi connectivity index (χ4v) is 3.60. The molecule has 0 bridgehead atoms. The molecule has 1 aliphatic heterocycles. The van der Waals surface area contributed by atoms with Crippen LogP contribution in [-0.2, 0) is 4.79 Å². The smallest absolute Gasteiger partial charge is 0.270 e. The van der Waals surface area contributed by atoms with Gasteiger partial charge in [0.15, 0.2) is 4.32 Å². The van der Waals surface area contributed by atoms with E-state index in [0.717, 1.165) is 23.4 Å². The lowest BCUT2D eigenvalue weighted by molar-refractivity contribution is -0.113. The van der Waals surface area contributed by atoms with Gasteiger partial charge >= 0.3 is 0 Å². The number of hydrogen-bond donors (Lipinski definition) is 0. The first-order valence-corrected chi connectivity index (χ1v) is 8.97. The lowest BCUT2D eigenvalue weighted by atomic mass is 10.2. The van der Waals surface area contributed by atoms with Gasteiger partial charge in [0.05, 0.1) is 17.2 Å². The Hall–Kier alpha value is -2.11. The van der Waals surface area contributed by atoms with Crippen molar-refractivity contribution in [2.24, 2.45) is 0 Å². The monoisotopic (exact) mass is 355 g/mol. The van der Waals surface area contributed by atoms with Crippen molar-refractivity contribution < 1.29 is 9.53 Å². The second kappa shape index (κ2) is 7.64. The number of carbonyl (C=O) groups is 1. The Kier molecular flexibility index (Phi) is 5.33. The summed E-state index contributed by atoms with van der Waals surface area (Å²) in [5, 5.41) is 0. The molecule has 1 aliphatic rings. The molecule has 1 saturated heterocycles. The highest BCUT2D eigenvalue weighted by Gasteiger charge is 2.33. The van der Waals surface area contributed by atoms with Gasteiger partial charge in [-0.05, 0) is 42.3 Å². The molecule has 1 fully saturated rings.